The van der Waals surface area contributed by atoms with Crippen molar-refractivity contribution in [1.29, 1.82) is 0 Å². The fourth-order valence-electron chi connectivity index (χ4n) is 1.31. The number of anilines is 1. The first-order valence-electron chi connectivity index (χ1n) is 4.76. The van der Waals surface area contributed by atoms with E-state index in [9.17, 15) is 4.79 Å². The first kappa shape index (κ1) is 11.5. The minimum Gasteiger partial charge on any atom is -0.396 e. The van der Waals surface area contributed by atoms with E-state index in [4.69, 9.17) is 10.8 Å². The Labute approximate surface area is 88.1 Å². The molecule has 4 N–H and O–H groups in total. The van der Waals surface area contributed by atoms with Gasteiger partial charge in [-0.3, -0.25) is 9.48 Å². The first-order chi connectivity index (χ1) is 7.07. The number of nitrogen functional groups attached to an aromatic ring is 1. The number of carbonyl (C=O) groups excluding carboxylic acids is 1. The van der Waals surface area contributed by atoms with Crippen LogP contribution in [-0.2, 0) is 7.05 Å². The molecule has 84 valence electrons. The molecule has 0 aliphatic rings. The lowest BCUT2D eigenvalue weighted by Crippen LogP contribution is -2.27. The summed E-state index contributed by atoms with van der Waals surface area (Å²) in [6, 6.07) is 0. The molecule has 0 bridgehead atoms. The molecule has 6 heteroatoms. The number of aliphatic hydroxyl groups is 1. The monoisotopic (exact) mass is 212 g/mol. The summed E-state index contributed by atoms with van der Waals surface area (Å²) in [6.45, 7) is 2.24. The molecule has 0 saturated heterocycles. The SMILES string of the molecule is Cc1nn(C)c(C(=O)NCCCO)c1N. The Hall–Kier alpha value is -1.56. The Balaban J connectivity index is 2.73. The van der Waals surface area contributed by atoms with E-state index in [-0.39, 0.29) is 12.5 Å². The van der Waals surface area contributed by atoms with Crippen molar-refractivity contribution in [3.05, 3.63) is 11.4 Å². The molecule has 0 fully saturated rings. The molecule has 1 amide bonds. The Kier molecular flexibility index (Phi) is 3.68. The maximum absolute atomic E-state index is 11.6. The number of aliphatic hydroxyl groups excluding tert-OH is 1. The van der Waals surface area contributed by atoms with Gasteiger partial charge in [0, 0.05) is 20.2 Å². The second-order valence-corrected chi connectivity index (χ2v) is 3.30. The van der Waals surface area contributed by atoms with Crippen LogP contribution in [0.25, 0.3) is 0 Å². The van der Waals surface area contributed by atoms with Crippen LogP contribution >= 0.6 is 0 Å². The van der Waals surface area contributed by atoms with Gasteiger partial charge in [0.15, 0.2) is 0 Å². The van der Waals surface area contributed by atoms with E-state index in [0.717, 1.165) is 0 Å². The molecule has 1 rings (SSSR count). The standard InChI is InChI=1S/C9H16N4O2/c1-6-7(10)8(13(2)12-6)9(15)11-4-3-5-14/h14H,3-5,10H2,1-2H3,(H,11,15). The summed E-state index contributed by atoms with van der Waals surface area (Å²) in [5.41, 5.74) is 7.13. The fourth-order valence-corrected chi connectivity index (χ4v) is 1.31. The van der Waals surface area contributed by atoms with E-state index in [1.54, 1.807) is 14.0 Å². The number of carbonyl (C=O) groups is 1. The molecule has 0 radical (unpaired) electrons. The number of nitrogens with zero attached hydrogens (tertiary/aromatic N) is 2. The molecule has 0 unspecified atom stereocenters. The second-order valence-electron chi connectivity index (χ2n) is 3.30. The predicted octanol–water partition coefficient (Wildman–Crippen LogP) is -0.577. The Bertz CT molecular complexity index is 359. The van der Waals surface area contributed by atoms with E-state index in [1.807, 2.05) is 0 Å². The highest BCUT2D eigenvalue weighted by atomic mass is 16.3. The predicted molar refractivity (Wildman–Crippen MR) is 56.4 cm³/mol. The van der Waals surface area contributed by atoms with Crippen LogP contribution in [0.5, 0.6) is 0 Å². The maximum Gasteiger partial charge on any atom is 0.271 e. The van der Waals surface area contributed by atoms with Crippen molar-refractivity contribution in [2.45, 2.75) is 13.3 Å². The van der Waals surface area contributed by atoms with Crippen LogP contribution in [0.4, 0.5) is 5.69 Å². The zero-order chi connectivity index (χ0) is 11.4. The summed E-state index contributed by atoms with van der Waals surface area (Å²) in [4.78, 5) is 11.6. The number of aryl methyl sites for hydroxylation is 2. The second kappa shape index (κ2) is 4.79. The third-order valence-electron chi connectivity index (χ3n) is 2.10. The van der Waals surface area contributed by atoms with Crippen molar-refractivity contribution < 1.29 is 9.90 Å². The maximum atomic E-state index is 11.6. The highest BCUT2D eigenvalue weighted by Crippen LogP contribution is 2.14. The molecule has 1 aromatic heterocycles. The van der Waals surface area contributed by atoms with Crippen LogP contribution < -0.4 is 11.1 Å². The Morgan fingerprint density at radius 3 is 2.80 bits per heavy atom. The van der Waals surface area contributed by atoms with E-state index < -0.39 is 0 Å². The number of hydrogen-bond donors (Lipinski definition) is 3. The van der Waals surface area contributed by atoms with Gasteiger partial charge in [-0.15, -0.1) is 0 Å². The number of amides is 1. The summed E-state index contributed by atoms with van der Waals surface area (Å²) in [6.07, 6.45) is 0.530. The number of nitrogens with one attached hydrogen (secondary N) is 1. The van der Waals surface area contributed by atoms with Crippen molar-refractivity contribution in [2.24, 2.45) is 7.05 Å². The summed E-state index contributed by atoms with van der Waals surface area (Å²) >= 11 is 0. The van der Waals surface area contributed by atoms with Crippen LogP contribution in [0.2, 0.25) is 0 Å². The van der Waals surface area contributed by atoms with Gasteiger partial charge in [-0.25, -0.2) is 0 Å². The molecule has 0 saturated carbocycles. The number of rotatable bonds is 4. The molecule has 0 aliphatic carbocycles. The summed E-state index contributed by atoms with van der Waals surface area (Å²) < 4.78 is 1.46. The van der Waals surface area contributed by atoms with Crippen LogP contribution in [0.15, 0.2) is 0 Å². The molecule has 1 aromatic rings. The van der Waals surface area contributed by atoms with Crippen molar-refractivity contribution in [3.63, 3.8) is 0 Å². The van der Waals surface area contributed by atoms with Crippen molar-refractivity contribution in [1.82, 2.24) is 15.1 Å². The van der Waals surface area contributed by atoms with E-state index in [1.165, 1.54) is 4.68 Å². The fraction of sp³-hybridized carbons (Fsp3) is 0.556. The average Bonchev–Trinajstić information content (AvgIpc) is 2.41. The normalized spacial score (nSPS) is 10.3. The summed E-state index contributed by atoms with van der Waals surface area (Å²) in [7, 11) is 1.67. The summed E-state index contributed by atoms with van der Waals surface area (Å²) in [5.74, 6) is -0.260. The van der Waals surface area contributed by atoms with E-state index in [2.05, 4.69) is 10.4 Å². The van der Waals surface area contributed by atoms with Gasteiger partial charge in [0.2, 0.25) is 0 Å². The zero-order valence-electron chi connectivity index (χ0n) is 8.95. The van der Waals surface area contributed by atoms with Gasteiger partial charge in [-0.05, 0) is 13.3 Å². The highest BCUT2D eigenvalue weighted by molar-refractivity contribution is 5.97. The lowest BCUT2D eigenvalue weighted by atomic mass is 10.3. The minimum absolute atomic E-state index is 0.0557. The van der Waals surface area contributed by atoms with Gasteiger partial charge >= 0.3 is 0 Å². The Morgan fingerprint density at radius 2 is 2.33 bits per heavy atom. The lowest BCUT2D eigenvalue weighted by Gasteiger charge is -2.04. The van der Waals surface area contributed by atoms with Crippen LogP contribution in [0.3, 0.4) is 0 Å². The average molecular weight is 212 g/mol. The van der Waals surface area contributed by atoms with Gasteiger partial charge in [0.05, 0.1) is 11.4 Å². The van der Waals surface area contributed by atoms with Crippen LogP contribution in [-0.4, -0.2) is 33.9 Å². The first-order valence-corrected chi connectivity index (χ1v) is 4.76. The number of aromatic nitrogens is 2. The van der Waals surface area contributed by atoms with E-state index >= 15 is 0 Å². The third kappa shape index (κ3) is 2.47. The molecule has 0 aromatic carbocycles. The van der Waals surface area contributed by atoms with Gasteiger partial charge in [0.1, 0.15) is 5.69 Å². The van der Waals surface area contributed by atoms with Gasteiger partial charge < -0.3 is 16.2 Å². The van der Waals surface area contributed by atoms with Gasteiger partial charge in [-0.1, -0.05) is 0 Å². The largest absolute Gasteiger partial charge is 0.396 e. The van der Waals surface area contributed by atoms with E-state index in [0.29, 0.717) is 30.0 Å². The van der Waals surface area contributed by atoms with Crippen molar-refractivity contribution in [2.75, 3.05) is 18.9 Å². The third-order valence-corrected chi connectivity index (χ3v) is 2.10. The van der Waals surface area contributed by atoms with Crippen molar-refractivity contribution >= 4 is 11.6 Å². The van der Waals surface area contributed by atoms with Gasteiger partial charge in [-0.2, -0.15) is 5.10 Å². The van der Waals surface area contributed by atoms with Gasteiger partial charge in [0.25, 0.3) is 5.91 Å². The van der Waals surface area contributed by atoms with Crippen LogP contribution in [0, 0.1) is 6.92 Å². The minimum atomic E-state index is -0.260. The highest BCUT2D eigenvalue weighted by Gasteiger charge is 2.16. The molecule has 6 nitrogen and oxygen atoms in total. The number of hydrogen-bond acceptors (Lipinski definition) is 4. The molecule has 0 spiro atoms. The topological polar surface area (TPSA) is 93.2 Å². The molecule has 0 aliphatic heterocycles. The molecule has 1 heterocycles. The summed E-state index contributed by atoms with van der Waals surface area (Å²) in [5, 5.41) is 15.3. The van der Waals surface area contributed by atoms with Crippen LogP contribution in [0.1, 0.15) is 22.6 Å². The lowest BCUT2D eigenvalue weighted by molar-refractivity contribution is 0.0942. The quantitative estimate of drug-likeness (QED) is 0.582. The zero-order valence-corrected chi connectivity index (χ0v) is 8.95. The molecule has 15 heavy (non-hydrogen) atoms. The Morgan fingerprint density at radius 1 is 1.67 bits per heavy atom. The molecular weight excluding hydrogens is 196 g/mol. The number of nitrogens with two attached hydrogens (primary N) is 1. The molecular formula is C9H16N4O2. The van der Waals surface area contributed by atoms with Crippen molar-refractivity contribution in [3.8, 4) is 0 Å². The molecule has 0 atom stereocenters. The smallest absolute Gasteiger partial charge is 0.271 e.